The monoisotopic (exact) mass is 219 g/mol. The van der Waals surface area contributed by atoms with Gasteiger partial charge in [-0.3, -0.25) is 5.10 Å². The number of imidazole rings is 1. The van der Waals surface area contributed by atoms with E-state index in [1.807, 2.05) is 0 Å². The lowest BCUT2D eigenvalue weighted by atomic mass is 10.0. The van der Waals surface area contributed by atoms with Crippen LogP contribution in [0, 0.1) is 0 Å². The number of hydrogen-bond acceptors (Lipinski definition) is 3. The van der Waals surface area contributed by atoms with E-state index in [1.165, 1.54) is 4.57 Å². The van der Waals surface area contributed by atoms with Crippen LogP contribution in [-0.2, 0) is 6.42 Å². The Morgan fingerprint density at radius 1 is 1.56 bits per heavy atom. The molecule has 6 heteroatoms. The van der Waals surface area contributed by atoms with E-state index < -0.39 is 0 Å². The minimum Gasteiger partial charge on any atom is -0.312 e. The molecular weight excluding hydrogens is 206 g/mol. The van der Waals surface area contributed by atoms with Crippen LogP contribution < -0.4 is 11.0 Å². The third-order valence-corrected chi connectivity index (χ3v) is 3.00. The minimum atomic E-state index is -0.160. The Morgan fingerprint density at radius 2 is 2.44 bits per heavy atom. The zero-order chi connectivity index (χ0) is 11.1. The second-order valence-electron chi connectivity index (χ2n) is 4.00. The summed E-state index contributed by atoms with van der Waals surface area (Å²) in [5.74, 6) is 0.695. The molecule has 3 heterocycles. The van der Waals surface area contributed by atoms with E-state index in [0.29, 0.717) is 5.82 Å². The van der Waals surface area contributed by atoms with Crippen LogP contribution in [0.25, 0.3) is 5.82 Å². The molecule has 0 saturated carbocycles. The number of nitrogens with one attached hydrogen (secondary N) is 3. The SMILES string of the molecule is CC1NCCc2[nH]nc(-n3cc[nH]c3=O)c21. The molecule has 0 radical (unpaired) electrons. The molecule has 84 valence electrons. The van der Waals surface area contributed by atoms with Gasteiger partial charge < -0.3 is 10.3 Å². The fourth-order valence-electron chi connectivity index (χ4n) is 2.21. The van der Waals surface area contributed by atoms with Gasteiger partial charge in [0.25, 0.3) is 0 Å². The van der Waals surface area contributed by atoms with Crippen LogP contribution in [0.15, 0.2) is 17.2 Å². The third-order valence-electron chi connectivity index (χ3n) is 3.00. The quantitative estimate of drug-likeness (QED) is 0.636. The molecule has 2 aromatic rings. The third kappa shape index (κ3) is 1.23. The number of nitrogens with zero attached hydrogens (tertiary/aromatic N) is 2. The molecule has 0 spiro atoms. The molecule has 1 aliphatic heterocycles. The van der Waals surface area contributed by atoms with Crippen molar-refractivity contribution < 1.29 is 0 Å². The number of aromatic amines is 2. The molecule has 0 aromatic carbocycles. The average Bonchev–Trinajstić information content (AvgIpc) is 2.84. The van der Waals surface area contributed by atoms with Gasteiger partial charge in [-0.15, -0.1) is 0 Å². The molecule has 0 fully saturated rings. The molecule has 0 saturated heterocycles. The maximum Gasteiger partial charge on any atom is 0.331 e. The van der Waals surface area contributed by atoms with Crippen molar-refractivity contribution in [1.29, 1.82) is 0 Å². The highest BCUT2D eigenvalue weighted by Gasteiger charge is 2.23. The Morgan fingerprint density at radius 3 is 3.19 bits per heavy atom. The van der Waals surface area contributed by atoms with Gasteiger partial charge in [0.2, 0.25) is 0 Å². The molecule has 3 rings (SSSR count). The van der Waals surface area contributed by atoms with Crippen molar-refractivity contribution in [3.8, 4) is 5.82 Å². The summed E-state index contributed by atoms with van der Waals surface area (Å²) >= 11 is 0. The Kier molecular flexibility index (Phi) is 1.97. The van der Waals surface area contributed by atoms with E-state index in [0.717, 1.165) is 24.2 Å². The fourth-order valence-corrected chi connectivity index (χ4v) is 2.21. The van der Waals surface area contributed by atoms with E-state index in [-0.39, 0.29) is 11.7 Å². The molecule has 16 heavy (non-hydrogen) atoms. The molecule has 2 aromatic heterocycles. The second-order valence-corrected chi connectivity index (χ2v) is 4.00. The molecule has 3 N–H and O–H groups in total. The molecule has 0 amide bonds. The summed E-state index contributed by atoms with van der Waals surface area (Å²) in [5.41, 5.74) is 2.05. The maximum atomic E-state index is 11.5. The van der Waals surface area contributed by atoms with Crippen LogP contribution in [-0.4, -0.2) is 26.3 Å². The van der Waals surface area contributed by atoms with Crippen LogP contribution in [0.3, 0.4) is 0 Å². The van der Waals surface area contributed by atoms with Crippen LogP contribution >= 0.6 is 0 Å². The van der Waals surface area contributed by atoms with Gasteiger partial charge in [-0.2, -0.15) is 5.10 Å². The zero-order valence-corrected chi connectivity index (χ0v) is 8.95. The van der Waals surface area contributed by atoms with E-state index in [2.05, 4.69) is 27.4 Å². The van der Waals surface area contributed by atoms with Gasteiger partial charge in [-0.1, -0.05) is 0 Å². The van der Waals surface area contributed by atoms with Crippen molar-refractivity contribution in [2.24, 2.45) is 0 Å². The molecule has 1 unspecified atom stereocenters. The lowest BCUT2D eigenvalue weighted by Gasteiger charge is -2.20. The Bertz CT molecular complexity index is 564. The topological polar surface area (TPSA) is 78.5 Å². The molecule has 6 nitrogen and oxygen atoms in total. The van der Waals surface area contributed by atoms with Gasteiger partial charge in [0.05, 0.1) is 0 Å². The molecular formula is C10H13N5O. The highest BCUT2D eigenvalue weighted by Crippen LogP contribution is 2.25. The van der Waals surface area contributed by atoms with Crippen LogP contribution in [0.1, 0.15) is 24.2 Å². The summed E-state index contributed by atoms with van der Waals surface area (Å²) in [6.45, 7) is 3.02. The van der Waals surface area contributed by atoms with Crippen molar-refractivity contribution in [3.05, 3.63) is 34.1 Å². The molecule has 1 aliphatic rings. The van der Waals surface area contributed by atoms with Gasteiger partial charge in [0, 0.05) is 42.7 Å². The Labute approximate surface area is 91.7 Å². The van der Waals surface area contributed by atoms with Crippen LogP contribution in [0.4, 0.5) is 0 Å². The second kappa shape index (κ2) is 3.34. The Hall–Kier alpha value is -1.82. The standard InChI is InChI=1S/C10H13N5O/c1-6-8-7(2-3-11-6)13-14-9(8)15-5-4-12-10(15)16/h4-6,11H,2-3H2,1H3,(H,12,16)(H,13,14). The Balaban J connectivity index is 2.20. The lowest BCUT2D eigenvalue weighted by Crippen LogP contribution is -2.28. The zero-order valence-electron chi connectivity index (χ0n) is 8.95. The first-order valence-electron chi connectivity index (χ1n) is 5.34. The number of H-pyrrole nitrogens is 2. The summed E-state index contributed by atoms with van der Waals surface area (Å²) in [7, 11) is 0. The average molecular weight is 219 g/mol. The van der Waals surface area contributed by atoms with E-state index in [9.17, 15) is 4.79 Å². The maximum absolute atomic E-state index is 11.5. The van der Waals surface area contributed by atoms with Gasteiger partial charge in [0.15, 0.2) is 5.82 Å². The number of fused-ring (bicyclic) bond motifs is 1. The molecule has 1 atom stereocenters. The first-order chi connectivity index (χ1) is 7.77. The van der Waals surface area contributed by atoms with Crippen LogP contribution in [0.2, 0.25) is 0 Å². The summed E-state index contributed by atoms with van der Waals surface area (Å²) < 4.78 is 1.53. The predicted molar refractivity (Wildman–Crippen MR) is 58.7 cm³/mol. The molecule has 0 bridgehead atoms. The van der Waals surface area contributed by atoms with E-state index in [4.69, 9.17) is 0 Å². The smallest absolute Gasteiger partial charge is 0.312 e. The summed E-state index contributed by atoms with van der Waals surface area (Å²) in [5, 5.41) is 10.6. The normalized spacial score (nSPS) is 19.7. The van der Waals surface area contributed by atoms with Crippen molar-refractivity contribution in [2.75, 3.05) is 6.54 Å². The van der Waals surface area contributed by atoms with E-state index in [1.54, 1.807) is 12.4 Å². The van der Waals surface area contributed by atoms with Crippen molar-refractivity contribution in [3.63, 3.8) is 0 Å². The number of aromatic nitrogens is 4. The minimum absolute atomic E-state index is 0.160. The van der Waals surface area contributed by atoms with Crippen molar-refractivity contribution >= 4 is 0 Å². The van der Waals surface area contributed by atoms with Gasteiger partial charge in [0.1, 0.15) is 0 Å². The highest BCUT2D eigenvalue weighted by molar-refractivity contribution is 5.41. The predicted octanol–water partition coefficient (Wildman–Crippen LogP) is 0.0954. The number of rotatable bonds is 1. The fraction of sp³-hybridized carbons (Fsp3) is 0.400. The molecule has 0 aliphatic carbocycles. The van der Waals surface area contributed by atoms with Gasteiger partial charge in [-0.05, 0) is 6.92 Å². The van der Waals surface area contributed by atoms with E-state index >= 15 is 0 Å². The van der Waals surface area contributed by atoms with Gasteiger partial charge >= 0.3 is 5.69 Å². The summed E-state index contributed by atoms with van der Waals surface area (Å²) in [6.07, 6.45) is 4.23. The highest BCUT2D eigenvalue weighted by atomic mass is 16.1. The largest absolute Gasteiger partial charge is 0.331 e. The lowest BCUT2D eigenvalue weighted by molar-refractivity contribution is 0.536. The van der Waals surface area contributed by atoms with Crippen molar-refractivity contribution in [1.82, 2.24) is 25.1 Å². The summed E-state index contributed by atoms with van der Waals surface area (Å²) in [6, 6.07) is 0.222. The van der Waals surface area contributed by atoms with Crippen LogP contribution in [0.5, 0.6) is 0 Å². The number of hydrogen-bond donors (Lipinski definition) is 3. The van der Waals surface area contributed by atoms with Gasteiger partial charge in [-0.25, -0.2) is 9.36 Å². The first-order valence-corrected chi connectivity index (χ1v) is 5.34. The summed E-state index contributed by atoms with van der Waals surface area (Å²) in [4.78, 5) is 14.2. The first kappa shape index (κ1) is 9.41. The van der Waals surface area contributed by atoms with Crippen molar-refractivity contribution in [2.45, 2.75) is 19.4 Å².